The highest BCUT2D eigenvalue weighted by molar-refractivity contribution is 5.60. The summed E-state index contributed by atoms with van der Waals surface area (Å²) in [6.45, 7) is 2.04. The maximum absolute atomic E-state index is 5.16. The third-order valence-corrected chi connectivity index (χ3v) is 2.50. The summed E-state index contributed by atoms with van der Waals surface area (Å²) < 4.78 is 7.09. The van der Waals surface area contributed by atoms with Gasteiger partial charge in [0.1, 0.15) is 5.75 Å². The van der Waals surface area contributed by atoms with Crippen molar-refractivity contribution in [2.75, 3.05) is 12.4 Å². The van der Waals surface area contributed by atoms with E-state index in [1.54, 1.807) is 13.3 Å². The van der Waals surface area contributed by atoms with Crippen LogP contribution in [0.3, 0.4) is 0 Å². The predicted octanol–water partition coefficient (Wildman–Crippen LogP) is 2.48. The van der Waals surface area contributed by atoms with Crippen LogP contribution in [-0.2, 0) is 7.05 Å². The number of imidazole rings is 1. The molecule has 2 aromatic rings. The molecule has 0 amide bonds. The van der Waals surface area contributed by atoms with Gasteiger partial charge in [0.25, 0.3) is 0 Å². The molecule has 1 aromatic carbocycles. The molecule has 0 fully saturated rings. The third kappa shape index (κ3) is 2.00. The minimum Gasteiger partial charge on any atom is -0.497 e. The largest absolute Gasteiger partial charge is 0.497 e. The predicted molar refractivity (Wildman–Crippen MR) is 64.2 cm³/mol. The van der Waals surface area contributed by atoms with Gasteiger partial charge in [-0.15, -0.1) is 0 Å². The monoisotopic (exact) mass is 217 g/mol. The summed E-state index contributed by atoms with van der Waals surface area (Å²) >= 11 is 0. The number of methoxy groups -OCH3 is 1. The number of hydrogen-bond acceptors (Lipinski definition) is 3. The number of benzene rings is 1. The van der Waals surface area contributed by atoms with Crippen molar-refractivity contribution in [3.8, 4) is 5.75 Å². The van der Waals surface area contributed by atoms with E-state index in [0.717, 1.165) is 22.9 Å². The van der Waals surface area contributed by atoms with E-state index in [2.05, 4.69) is 10.3 Å². The van der Waals surface area contributed by atoms with Crippen molar-refractivity contribution < 1.29 is 4.74 Å². The molecule has 1 N–H and O–H groups in total. The fourth-order valence-corrected chi connectivity index (χ4v) is 1.51. The molecule has 0 radical (unpaired) electrons. The molecule has 0 aliphatic carbocycles. The summed E-state index contributed by atoms with van der Waals surface area (Å²) in [6, 6.07) is 5.91. The van der Waals surface area contributed by atoms with Gasteiger partial charge in [0, 0.05) is 25.1 Å². The molecule has 0 atom stereocenters. The van der Waals surface area contributed by atoms with Crippen molar-refractivity contribution in [2.24, 2.45) is 7.05 Å². The number of ether oxygens (including phenoxy) is 1. The molecule has 0 bridgehead atoms. The van der Waals surface area contributed by atoms with Gasteiger partial charge in [-0.05, 0) is 30.7 Å². The molecular weight excluding hydrogens is 202 g/mol. The summed E-state index contributed by atoms with van der Waals surface area (Å²) in [5, 5.41) is 3.27. The first-order valence-corrected chi connectivity index (χ1v) is 5.09. The molecule has 0 aliphatic rings. The first-order valence-electron chi connectivity index (χ1n) is 5.09. The molecule has 16 heavy (non-hydrogen) atoms. The Morgan fingerprint density at radius 3 is 2.75 bits per heavy atom. The fourth-order valence-electron chi connectivity index (χ4n) is 1.51. The normalized spacial score (nSPS) is 10.2. The molecule has 1 heterocycles. The van der Waals surface area contributed by atoms with Gasteiger partial charge >= 0.3 is 0 Å². The van der Waals surface area contributed by atoms with Gasteiger partial charge in [-0.25, -0.2) is 4.98 Å². The number of aryl methyl sites for hydroxylation is 2. The lowest BCUT2D eigenvalue weighted by Crippen LogP contribution is -2.00. The molecule has 0 saturated heterocycles. The maximum atomic E-state index is 5.16. The highest BCUT2D eigenvalue weighted by Gasteiger charge is 2.03. The van der Waals surface area contributed by atoms with E-state index in [0.29, 0.717) is 0 Å². The van der Waals surface area contributed by atoms with Crippen molar-refractivity contribution in [1.82, 2.24) is 9.55 Å². The number of rotatable bonds is 3. The Balaban J connectivity index is 2.25. The van der Waals surface area contributed by atoms with Gasteiger partial charge in [-0.3, -0.25) is 0 Å². The van der Waals surface area contributed by atoms with Crippen LogP contribution in [0.5, 0.6) is 5.75 Å². The first kappa shape index (κ1) is 10.5. The highest BCUT2D eigenvalue weighted by Crippen LogP contribution is 2.23. The second-order valence-corrected chi connectivity index (χ2v) is 3.67. The first-order chi connectivity index (χ1) is 7.70. The lowest BCUT2D eigenvalue weighted by molar-refractivity contribution is 0.414. The molecule has 4 nitrogen and oxygen atoms in total. The lowest BCUT2D eigenvalue weighted by atomic mass is 10.2. The van der Waals surface area contributed by atoms with Gasteiger partial charge in [0.15, 0.2) is 0 Å². The molecule has 0 unspecified atom stereocenters. The lowest BCUT2D eigenvalue weighted by Gasteiger charge is -2.10. The van der Waals surface area contributed by atoms with E-state index in [4.69, 9.17) is 4.74 Å². The fraction of sp³-hybridized carbons (Fsp3) is 0.250. The van der Waals surface area contributed by atoms with Crippen LogP contribution in [0.4, 0.5) is 11.6 Å². The van der Waals surface area contributed by atoms with Gasteiger partial charge in [0.2, 0.25) is 5.95 Å². The molecule has 84 valence electrons. The second kappa shape index (κ2) is 4.26. The van der Waals surface area contributed by atoms with Gasteiger partial charge in [-0.2, -0.15) is 0 Å². The topological polar surface area (TPSA) is 39.1 Å². The molecule has 0 aliphatic heterocycles. The summed E-state index contributed by atoms with van der Waals surface area (Å²) in [5.41, 5.74) is 2.16. The van der Waals surface area contributed by atoms with E-state index in [9.17, 15) is 0 Å². The average molecular weight is 217 g/mol. The van der Waals surface area contributed by atoms with Crippen LogP contribution in [-0.4, -0.2) is 16.7 Å². The van der Waals surface area contributed by atoms with Crippen molar-refractivity contribution in [3.05, 3.63) is 36.2 Å². The van der Waals surface area contributed by atoms with Crippen LogP contribution in [0.15, 0.2) is 30.6 Å². The van der Waals surface area contributed by atoms with Crippen molar-refractivity contribution in [1.29, 1.82) is 0 Å². The van der Waals surface area contributed by atoms with Crippen LogP contribution in [0.25, 0.3) is 0 Å². The molecule has 1 aromatic heterocycles. The van der Waals surface area contributed by atoms with Crippen LogP contribution in [0.2, 0.25) is 0 Å². The summed E-state index contributed by atoms with van der Waals surface area (Å²) in [7, 11) is 3.62. The van der Waals surface area contributed by atoms with Gasteiger partial charge in [0.05, 0.1) is 7.11 Å². The number of nitrogens with one attached hydrogen (secondary N) is 1. The zero-order valence-electron chi connectivity index (χ0n) is 9.69. The number of nitrogens with zero attached hydrogens (tertiary/aromatic N) is 2. The Hall–Kier alpha value is -1.97. The Bertz CT molecular complexity index is 491. The van der Waals surface area contributed by atoms with Crippen LogP contribution >= 0.6 is 0 Å². The van der Waals surface area contributed by atoms with Crippen LogP contribution < -0.4 is 10.1 Å². The Labute approximate surface area is 94.9 Å². The summed E-state index contributed by atoms with van der Waals surface area (Å²) in [4.78, 5) is 4.22. The number of hydrogen-bond donors (Lipinski definition) is 1. The molecule has 0 saturated carbocycles. The van der Waals surface area contributed by atoms with E-state index in [1.165, 1.54) is 0 Å². The van der Waals surface area contributed by atoms with E-state index in [1.807, 2.05) is 42.9 Å². The zero-order chi connectivity index (χ0) is 11.5. The molecule has 2 rings (SSSR count). The van der Waals surface area contributed by atoms with Gasteiger partial charge < -0.3 is 14.6 Å². The minimum atomic E-state index is 0.827. The molecule has 0 spiro atoms. The van der Waals surface area contributed by atoms with E-state index in [-0.39, 0.29) is 0 Å². The number of anilines is 2. The molecular formula is C12H15N3O. The van der Waals surface area contributed by atoms with E-state index >= 15 is 0 Å². The standard InChI is InChI=1S/C12H15N3O/c1-9-8-10(16-3)4-5-11(9)14-12-13-6-7-15(12)2/h4-8H,1-3H3,(H,13,14). The van der Waals surface area contributed by atoms with Crippen LogP contribution in [0.1, 0.15) is 5.56 Å². The van der Waals surface area contributed by atoms with Crippen molar-refractivity contribution in [3.63, 3.8) is 0 Å². The van der Waals surface area contributed by atoms with Crippen LogP contribution in [0, 0.1) is 6.92 Å². The maximum Gasteiger partial charge on any atom is 0.207 e. The third-order valence-electron chi connectivity index (χ3n) is 2.50. The zero-order valence-corrected chi connectivity index (χ0v) is 9.69. The Kier molecular flexibility index (Phi) is 2.81. The number of aromatic nitrogens is 2. The highest BCUT2D eigenvalue weighted by atomic mass is 16.5. The Morgan fingerprint density at radius 2 is 2.19 bits per heavy atom. The SMILES string of the molecule is COc1ccc(Nc2nccn2C)c(C)c1. The van der Waals surface area contributed by atoms with Gasteiger partial charge in [-0.1, -0.05) is 0 Å². The quantitative estimate of drug-likeness (QED) is 0.858. The molecule has 4 heteroatoms. The van der Waals surface area contributed by atoms with Crippen molar-refractivity contribution in [2.45, 2.75) is 6.92 Å². The minimum absolute atomic E-state index is 0.827. The Morgan fingerprint density at radius 1 is 1.38 bits per heavy atom. The second-order valence-electron chi connectivity index (χ2n) is 3.67. The summed E-state index contributed by atoms with van der Waals surface area (Å²) in [6.07, 6.45) is 3.67. The van der Waals surface area contributed by atoms with Crippen molar-refractivity contribution >= 4 is 11.6 Å². The average Bonchev–Trinajstić information content (AvgIpc) is 2.67. The van der Waals surface area contributed by atoms with E-state index < -0.39 is 0 Å². The summed E-state index contributed by atoms with van der Waals surface area (Å²) in [5.74, 6) is 1.69. The smallest absolute Gasteiger partial charge is 0.207 e.